The van der Waals surface area contributed by atoms with Crippen LogP contribution < -0.4 is 15.4 Å². The summed E-state index contributed by atoms with van der Waals surface area (Å²) >= 11 is 0. The predicted octanol–water partition coefficient (Wildman–Crippen LogP) is 1.31. The predicted molar refractivity (Wildman–Crippen MR) is 61.6 cm³/mol. The fraction of sp³-hybridized carbons (Fsp3) is 0.417. The Morgan fingerprint density at radius 1 is 1.44 bits per heavy atom. The topological polar surface area (TPSA) is 50.4 Å². The van der Waals surface area contributed by atoms with E-state index in [0.717, 1.165) is 12.2 Å². The Kier molecular flexibility index (Phi) is 3.29. The number of amides is 2. The first-order valence-electron chi connectivity index (χ1n) is 5.56. The van der Waals surface area contributed by atoms with Crippen molar-refractivity contribution in [3.63, 3.8) is 0 Å². The smallest absolute Gasteiger partial charge is 0.314 e. The van der Waals surface area contributed by atoms with Crippen LogP contribution in [0, 0.1) is 0 Å². The van der Waals surface area contributed by atoms with Gasteiger partial charge in [0.25, 0.3) is 0 Å². The number of hydrogen-bond acceptors (Lipinski definition) is 2. The second kappa shape index (κ2) is 4.88. The lowest BCUT2D eigenvalue weighted by molar-refractivity contribution is 0.214. The van der Waals surface area contributed by atoms with Crippen molar-refractivity contribution in [2.24, 2.45) is 0 Å². The largest absolute Gasteiger partial charge is 0.488 e. The highest BCUT2D eigenvalue weighted by Gasteiger charge is 2.22. The fourth-order valence-corrected chi connectivity index (χ4v) is 1.80. The Morgan fingerprint density at radius 3 is 3.00 bits per heavy atom. The van der Waals surface area contributed by atoms with E-state index in [-0.39, 0.29) is 12.1 Å². The van der Waals surface area contributed by atoms with Gasteiger partial charge in [-0.1, -0.05) is 18.2 Å². The monoisotopic (exact) mass is 220 g/mol. The number of urea groups is 1. The van der Waals surface area contributed by atoms with E-state index in [1.165, 1.54) is 5.56 Å². The third-order valence-electron chi connectivity index (χ3n) is 2.54. The SMILES string of the molecule is CCNC(=O)NCC1Cc2ccccc2O1. The van der Waals surface area contributed by atoms with Crippen LogP contribution in [-0.4, -0.2) is 25.2 Å². The van der Waals surface area contributed by atoms with E-state index in [1.54, 1.807) is 0 Å². The molecule has 0 fully saturated rings. The van der Waals surface area contributed by atoms with Crippen molar-refractivity contribution in [1.29, 1.82) is 0 Å². The van der Waals surface area contributed by atoms with Gasteiger partial charge in [-0.3, -0.25) is 0 Å². The van der Waals surface area contributed by atoms with Crippen molar-refractivity contribution < 1.29 is 9.53 Å². The van der Waals surface area contributed by atoms with E-state index in [4.69, 9.17) is 4.74 Å². The Labute approximate surface area is 95.0 Å². The summed E-state index contributed by atoms with van der Waals surface area (Å²) in [5.41, 5.74) is 1.21. The Hall–Kier alpha value is -1.71. The van der Waals surface area contributed by atoms with Gasteiger partial charge in [-0.2, -0.15) is 0 Å². The number of nitrogens with one attached hydrogen (secondary N) is 2. The van der Waals surface area contributed by atoms with E-state index < -0.39 is 0 Å². The van der Waals surface area contributed by atoms with Gasteiger partial charge in [0.1, 0.15) is 11.9 Å². The molecule has 0 radical (unpaired) electrons. The molecule has 1 heterocycles. The van der Waals surface area contributed by atoms with Crippen LogP contribution in [0.1, 0.15) is 12.5 Å². The van der Waals surface area contributed by atoms with Crippen LogP contribution in [0.25, 0.3) is 0 Å². The lowest BCUT2D eigenvalue weighted by Gasteiger charge is -2.11. The fourth-order valence-electron chi connectivity index (χ4n) is 1.80. The number of carbonyl (C=O) groups excluding carboxylic acids is 1. The average molecular weight is 220 g/mol. The van der Waals surface area contributed by atoms with Crippen LogP contribution >= 0.6 is 0 Å². The number of rotatable bonds is 3. The van der Waals surface area contributed by atoms with Crippen LogP contribution in [0.3, 0.4) is 0 Å². The third-order valence-corrected chi connectivity index (χ3v) is 2.54. The molecule has 1 atom stereocenters. The molecule has 4 heteroatoms. The highest BCUT2D eigenvalue weighted by atomic mass is 16.5. The molecule has 0 aliphatic carbocycles. The minimum absolute atomic E-state index is 0.0556. The summed E-state index contributed by atoms with van der Waals surface area (Å²) in [7, 11) is 0. The molecular weight excluding hydrogens is 204 g/mol. The van der Waals surface area contributed by atoms with Crippen LogP contribution in [0.5, 0.6) is 5.75 Å². The number of benzene rings is 1. The van der Waals surface area contributed by atoms with Crippen molar-refractivity contribution >= 4 is 6.03 Å². The zero-order valence-electron chi connectivity index (χ0n) is 9.32. The van der Waals surface area contributed by atoms with Crippen LogP contribution in [0.2, 0.25) is 0 Å². The maximum Gasteiger partial charge on any atom is 0.314 e. The molecule has 0 saturated carbocycles. The Balaban J connectivity index is 1.81. The van der Waals surface area contributed by atoms with Gasteiger partial charge in [0.05, 0.1) is 6.54 Å². The van der Waals surface area contributed by atoms with Gasteiger partial charge in [-0.15, -0.1) is 0 Å². The zero-order valence-corrected chi connectivity index (χ0v) is 9.32. The van der Waals surface area contributed by atoms with Gasteiger partial charge in [0.15, 0.2) is 0 Å². The minimum atomic E-state index is -0.137. The number of hydrogen-bond donors (Lipinski definition) is 2. The molecular formula is C12H16N2O2. The number of fused-ring (bicyclic) bond motifs is 1. The molecule has 1 aromatic rings. The van der Waals surface area contributed by atoms with E-state index in [0.29, 0.717) is 13.1 Å². The normalized spacial score (nSPS) is 17.4. The lowest BCUT2D eigenvalue weighted by atomic mass is 10.1. The molecule has 0 spiro atoms. The summed E-state index contributed by atoms with van der Waals surface area (Å²) in [4.78, 5) is 11.2. The van der Waals surface area contributed by atoms with Crippen molar-refractivity contribution in [3.05, 3.63) is 29.8 Å². The lowest BCUT2D eigenvalue weighted by Crippen LogP contribution is -2.40. The van der Waals surface area contributed by atoms with Crippen molar-refractivity contribution in [2.45, 2.75) is 19.4 Å². The first kappa shape index (κ1) is 10.8. The second-order valence-corrected chi connectivity index (χ2v) is 3.79. The molecule has 2 rings (SSSR count). The Morgan fingerprint density at radius 2 is 2.25 bits per heavy atom. The summed E-state index contributed by atoms with van der Waals surface area (Å²) in [5, 5.41) is 5.47. The van der Waals surface area contributed by atoms with Gasteiger partial charge in [-0.05, 0) is 18.6 Å². The van der Waals surface area contributed by atoms with Gasteiger partial charge >= 0.3 is 6.03 Å². The number of ether oxygens (including phenoxy) is 1. The van der Waals surface area contributed by atoms with E-state index in [1.807, 2.05) is 25.1 Å². The van der Waals surface area contributed by atoms with Crippen molar-refractivity contribution in [2.75, 3.05) is 13.1 Å². The standard InChI is InChI=1S/C12H16N2O2/c1-2-13-12(15)14-8-10-7-9-5-3-4-6-11(9)16-10/h3-6,10H,2,7-8H2,1H3,(H2,13,14,15). The summed E-state index contributed by atoms with van der Waals surface area (Å²) in [5.74, 6) is 0.935. The van der Waals surface area contributed by atoms with Crippen molar-refractivity contribution in [1.82, 2.24) is 10.6 Å². The van der Waals surface area contributed by atoms with Gasteiger partial charge in [0.2, 0.25) is 0 Å². The number of para-hydroxylation sites is 1. The minimum Gasteiger partial charge on any atom is -0.488 e. The molecule has 1 aromatic carbocycles. The highest BCUT2D eigenvalue weighted by Crippen LogP contribution is 2.27. The molecule has 0 bridgehead atoms. The van der Waals surface area contributed by atoms with E-state index in [9.17, 15) is 4.79 Å². The summed E-state index contributed by atoms with van der Waals surface area (Å²) in [6.07, 6.45) is 0.919. The summed E-state index contributed by atoms with van der Waals surface area (Å²) in [6.45, 7) is 3.07. The first-order chi connectivity index (χ1) is 7.79. The van der Waals surface area contributed by atoms with Gasteiger partial charge < -0.3 is 15.4 Å². The maximum atomic E-state index is 11.2. The van der Waals surface area contributed by atoms with Crippen molar-refractivity contribution in [3.8, 4) is 5.75 Å². The molecule has 2 N–H and O–H groups in total. The van der Waals surface area contributed by atoms with Crippen LogP contribution in [0.4, 0.5) is 4.79 Å². The molecule has 2 amide bonds. The molecule has 1 aliphatic rings. The van der Waals surface area contributed by atoms with Gasteiger partial charge in [0, 0.05) is 13.0 Å². The van der Waals surface area contributed by atoms with Crippen LogP contribution in [-0.2, 0) is 6.42 Å². The highest BCUT2D eigenvalue weighted by molar-refractivity contribution is 5.73. The third kappa shape index (κ3) is 2.45. The second-order valence-electron chi connectivity index (χ2n) is 3.79. The zero-order chi connectivity index (χ0) is 11.4. The number of carbonyl (C=O) groups is 1. The first-order valence-corrected chi connectivity index (χ1v) is 5.56. The molecule has 0 saturated heterocycles. The Bertz CT molecular complexity index is 354. The maximum absolute atomic E-state index is 11.2. The summed E-state index contributed by atoms with van der Waals surface area (Å²) in [6, 6.07) is 7.84. The van der Waals surface area contributed by atoms with E-state index >= 15 is 0 Å². The average Bonchev–Trinajstić information content (AvgIpc) is 2.69. The quantitative estimate of drug-likeness (QED) is 0.807. The summed E-state index contributed by atoms with van der Waals surface area (Å²) < 4.78 is 5.69. The van der Waals surface area contributed by atoms with Gasteiger partial charge in [-0.25, -0.2) is 4.79 Å². The molecule has 86 valence electrons. The molecule has 16 heavy (non-hydrogen) atoms. The molecule has 4 nitrogen and oxygen atoms in total. The molecule has 1 unspecified atom stereocenters. The molecule has 1 aliphatic heterocycles. The van der Waals surface area contributed by atoms with E-state index in [2.05, 4.69) is 16.7 Å². The molecule has 0 aromatic heterocycles. The van der Waals surface area contributed by atoms with Crippen LogP contribution in [0.15, 0.2) is 24.3 Å².